The molecule has 4 aromatic rings. The van der Waals surface area contributed by atoms with Gasteiger partial charge in [0.25, 0.3) is 0 Å². The van der Waals surface area contributed by atoms with Gasteiger partial charge in [-0.15, -0.1) is 5.10 Å². The minimum atomic E-state index is -0.0644. The minimum Gasteiger partial charge on any atom is -0.493 e. The molecule has 4 rings (SSSR count). The summed E-state index contributed by atoms with van der Waals surface area (Å²) in [5, 5.41) is 8.97. The zero-order valence-corrected chi connectivity index (χ0v) is 18.4. The summed E-state index contributed by atoms with van der Waals surface area (Å²) in [7, 11) is 3.21. The number of nitrogens with zero attached hydrogens (tertiary/aromatic N) is 4. The lowest BCUT2D eigenvalue weighted by molar-refractivity contribution is -0.118. The van der Waals surface area contributed by atoms with E-state index in [1.807, 2.05) is 49.4 Å². The molecule has 2 aromatic heterocycles. The molecular formula is C22H23N5O3S. The fraction of sp³-hybridized carbons (Fsp3) is 0.273. The van der Waals surface area contributed by atoms with E-state index in [9.17, 15) is 4.79 Å². The maximum atomic E-state index is 12.4. The zero-order chi connectivity index (χ0) is 21.8. The van der Waals surface area contributed by atoms with Crippen molar-refractivity contribution in [3.63, 3.8) is 0 Å². The van der Waals surface area contributed by atoms with Crippen LogP contribution >= 0.6 is 11.8 Å². The highest BCUT2D eigenvalue weighted by atomic mass is 32.2. The van der Waals surface area contributed by atoms with Crippen molar-refractivity contribution in [1.82, 2.24) is 24.9 Å². The number of para-hydroxylation sites is 1. The van der Waals surface area contributed by atoms with Crippen molar-refractivity contribution >= 4 is 34.2 Å². The molecular weight excluding hydrogens is 414 g/mol. The summed E-state index contributed by atoms with van der Waals surface area (Å²) in [6, 6.07) is 13.5. The van der Waals surface area contributed by atoms with Gasteiger partial charge in [0.05, 0.1) is 25.5 Å². The van der Waals surface area contributed by atoms with Gasteiger partial charge in [-0.3, -0.25) is 4.79 Å². The van der Waals surface area contributed by atoms with E-state index in [2.05, 4.69) is 20.4 Å². The number of thioether (sulfide) groups is 1. The van der Waals surface area contributed by atoms with E-state index in [-0.39, 0.29) is 11.7 Å². The van der Waals surface area contributed by atoms with Crippen molar-refractivity contribution < 1.29 is 14.3 Å². The summed E-state index contributed by atoms with van der Waals surface area (Å²) in [6.07, 6.45) is 0.692. The number of carbonyl (C=O) groups is 1. The normalized spacial score (nSPS) is 11.1. The molecule has 8 nitrogen and oxygen atoms in total. The van der Waals surface area contributed by atoms with Crippen LogP contribution in [0.25, 0.3) is 16.6 Å². The first-order chi connectivity index (χ1) is 15.1. The van der Waals surface area contributed by atoms with Crippen molar-refractivity contribution in [2.24, 2.45) is 0 Å². The summed E-state index contributed by atoms with van der Waals surface area (Å²) in [5.74, 6) is 2.20. The fourth-order valence-corrected chi connectivity index (χ4v) is 4.07. The molecule has 0 unspecified atom stereocenters. The molecule has 1 N–H and O–H groups in total. The topological polar surface area (TPSA) is 90.6 Å². The highest BCUT2D eigenvalue weighted by molar-refractivity contribution is 7.99. The third-order valence-electron chi connectivity index (χ3n) is 4.77. The fourth-order valence-electron chi connectivity index (χ4n) is 3.29. The van der Waals surface area contributed by atoms with Gasteiger partial charge in [0.15, 0.2) is 22.3 Å². The summed E-state index contributed by atoms with van der Waals surface area (Å²) in [5.41, 5.74) is 2.64. The summed E-state index contributed by atoms with van der Waals surface area (Å²) in [4.78, 5) is 21.6. The Hall–Kier alpha value is -3.33. The van der Waals surface area contributed by atoms with E-state index in [0.29, 0.717) is 35.4 Å². The second-order valence-corrected chi connectivity index (χ2v) is 7.83. The largest absolute Gasteiger partial charge is 0.493 e. The molecule has 0 saturated heterocycles. The summed E-state index contributed by atoms with van der Waals surface area (Å²) >= 11 is 1.34. The molecule has 2 heterocycles. The predicted octanol–water partition coefficient (Wildman–Crippen LogP) is 3.05. The molecule has 160 valence electrons. The second-order valence-electron chi connectivity index (χ2n) is 6.88. The Labute approximate surface area is 184 Å². The van der Waals surface area contributed by atoms with Crippen LogP contribution in [0.3, 0.4) is 0 Å². The lowest BCUT2D eigenvalue weighted by Crippen LogP contribution is -2.27. The van der Waals surface area contributed by atoms with E-state index in [4.69, 9.17) is 9.47 Å². The molecule has 0 aliphatic rings. The van der Waals surface area contributed by atoms with Crippen molar-refractivity contribution in [3.8, 4) is 11.5 Å². The molecule has 9 heteroatoms. The molecule has 0 aliphatic heterocycles. The number of aromatic nitrogens is 4. The molecule has 1 amide bonds. The Morgan fingerprint density at radius 2 is 1.90 bits per heavy atom. The maximum absolute atomic E-state index is 12.4. The van der Waals surface area contributed by atoms with E-state index in [0.717, 1.165) is 22.1 Å². The van der Waals surface area contributed by atoms with Gasteiger partial charge >= 0.3 is 0 Å². The number of rotatable bonds is 8. The highest BCUT2D eigenvalue weighted by Crippen LogP contribution is 2.27. The van der Waals surface area contributed by atoms with Crippen LogP contribution in [0.2, 0.25) is 0 Å². The number of aryl methyl sites for hydroxylation is 1. The Kier molecular flexibility index (Phi) is 6.22. The average Bonchev–Trinajstić information content (AvgIpc) is 3.19. The number of hydrogen-bond donors (Lipinski definition) is 1. The third kappa shape index (κ3) is 4.56. The van der Waals surface area contributed by atoms with Gasteiger partial charge < -0.3 is 14.8 Å². The third-order valence-corrected chi connectivity index (χ3v) is 5.70. The molecule has 0 atom stereocenters. The number of carbonyl (C=O) groups excluding carboxylic acids is 1. The van der Waals surface area contributed by atoms with Gasteiger partial charge in [-0.25, -0.2) is 9.97 Å². The predicted molar refractivity (Wildman–Crippen MR) is 120 cm³/mol. The molecule has 0 bridgehead atoms. The van der Waals surface area contributed by atoms with Crippen LogP contribution in [-0.4, -0.2) is 52.0 Å². The van der Waals surface area contributed by atoms with Gasteiger partial charge in [-0.2, -0.15) is 4.52 Å². The lowest BCUT2D eigenvalue weighted by Gasteiger charge is -2.10. The van der Waals surface area contributed by atoms with Crippen molar-refractivity contribution in [2.75, 3.05) is 26.5 Å². The van der Waals surface area contributed by atoms with Gasteiger partial charge in [0.1, 0.15) is 5.82 Å². The minimum absolute atomic E-state index is 0.0644. The van der Waals surface area contributed by atoms with E-state index < -0.39 is 0 Å². The van der Waals surface area contributed by atoms with Crippen LogP contribution in [0.15, 0.2) is 47.6 Å². The quantitative estimate of drug-likeness (QED) is 0.335. The van der Waals surface area contributed by atoms with Crippen molar-refractivity contribution in [1.29, 1.82) is 0 Å². The Morgan fingerprint density at radius 3 is 2.71 bits per heavy atom. The van der Waals surface area contributed by atoms with Crippen LogP contribution in [0.4, 0.5) is 0 Å². The molecule has 0 radical (unpaired) electrons. The van der Waals surface area contributed by atoms with Crippen LogP contribution in [0, 0.1) is 6.92 Å². The van der Waals surface area contributed by atoms with Gasteiger partial charge in [-0.1, -0.05) is 30.0 Å². The van der Waals surface area contributed by atoms with Gasteiger partial charge in [-0.05, 0) is 43.2 Å². The number of amides is 1. The number of nitrogens with one attached hydrogen (secondary N) is 1. The second kappa shape index (κ2) is 9.22. The summed E-state index contributed by atoms with van der Waals surface area (Å²) < 4.78 is 12.3. The van der Waals surface area contributed by atoms with Crippen LogP contribution < -0.4 is 14.8 Å². The smallest absolute Gasteiger partial charge is 0.230 e. The van der Waals surface area contributed by atoms with Gasteiger partial charge in [0, 0.05) is 11.9 Å². The molecule has 0 spiro atoms. The number of ether oxygens (including phenoxy) is 2. The highest BCUT2D eigenvalue weighted by Gasteiger charge is 2.14. The van der Waals surface area contributed by atoms with E-state index >= 15 is 0 Å². The maximum Gasteiger partial charge on any atom is 0.230 e. The van der Waals surface area contributed by atoms with Gasteiger partial charge in [0.2, 0.25) is 5.91 Å². The van der Waals surface area contributed by atoms with Crippen molar-refractivity contribution in [3.05, 3.63) is 53.9 Å². The summed E-state index contributed by atoms with van der Waals surface area (Å²) in [6.45, 7) is 2.37. The molecule has 0 saturated carbocycles. The van der Waals surface area contributed by atoms with Crippen molar-refractivity contribution in [2.45, 2.75) is 18.5 Å². The first-order valence-corrected chi connectivity index (χ1v) is 10.8. The van der Waals surface area contributed by atoms with E-state index in [1.165, 1.54) is 11.8 Å². The van der Waals surface area contributed by atoms with E-state index in [1.54, 1.807) is 18.7 Å². The van der Waals surface area contributed by atoms with Crippen LogP contribution in [-0.2, 0) is 11.2 Å². The standard InChI is InChI=1S/C22H23N5O3S/c1-14-24-21-16-6-4-5-7-17(16)25-22(27(21)26-14)31-13-20(28)23-11-10-15-8-9-18(29-2)19(12-15)30-3/h4-9,12H,10-11,13H2,1-3H3,(H,23,28). The SMILES string of the molecule is COc1ccc(CCNC(=O)CSc2nc3ccccc3c3nc(C)nn23)cc1OC. The molecule has 2 aromatic carbocycles. The average molecular weight is 438 g/mol. The number of methoxy groups -OCH3 is 2. The van der Waals surface area contributed by atoms with Crippen LogP contribution in [0.5, 0.6) is 11.5 Å². The Balaban J connectivity index is 1.38. The van der Waals surface area contributed by atoms with Crippen LogP contribution in [0.1, 0.15) is 11.4 Å². The number of fused-ring (bicyclic) bond motifs is 3. The Bertz CT molecular complexity index is 1240. The molecule has 0 fully saturated rings. The zero-order valence-electron chi connectivity index (χ0n) is 17.6. The first-order valence-electron chi connectivity index (χ1n) is 9.81. The molecule has 0 aliphatic carbocycles. The first kappa shape index (κ1) is 20.9. The number of hydrogen-bond acceptors (Lipinski definition) is 7. The molecule has 31 heavy (non-hydrogen) atoms. The Morgan fingerprint density at radius 1 is 1.10 bits per heavy atom. The lowest BCUT2D eigenvalue weighted by atomic mass is 10.1. The number of benzene rings is 2. The monoisotopic (exact) mass is 437 g/mol.